The Kier molecular flexibility index (Phi) is 6.74. The molecular weight excluding hydrogens is 392 g/mol. The highest BCUT2D eigenvalue weighted by atomic mass is 32.1. The van der Waals surface area contributed by atoms with Crippen molar-refractivity contribution in [1.29, 1.82) is 0 Å². The van der Waals surface area contributed by atoms with E-state index in [-0.39, 0.29) is 17.6 Å². The summed E-state index contributed by atoms with van der Waals surface area (Å²) in [4.78, 5) is 26.7. The van der Waals surface area contributed by atoms with Crippen molar-refractivity contribution >= 4 is 22.9 Å². The van der Waals surface area contributed by atoms with E-state index in [1.807, 2.05) is 23.1 Å². The highest BCUT2D eigenvalue weighted by molar-refractivity contribution is 7.14. The molecule has 1 aromatic carbocycles. The molecule has 29 heavy (non-hydrogen) atoms. The van der Waals surface area contributed by atoms with Gasteiger partial charge in [-0.25, -0.2) is 0 Å². The van der Waals surface area contributed by atoms with Gasteiger partial charge >= 0.3 is 0 Å². The van der Waals surface area contributed by atoms with Crippen molar-refractivity contribution in [2.45, 2.75) is 45.1 Å². The van der Waals surface area contributed by atoms with Gasteiger partial charge in [0, 0.05) is 18.7 Å². The Balaban J connectivity index is 1.72. The fraction of sp³-hybridized carbons (Fsp3) is 0.476. The van der Waals surface area contributed by atoms with Crippen molar-refractivity contribution in [3.05, 3.63) is 49.7 Å². The number of hydrogen-bond acceptors (Lipinski definition) is 6. The lowest BCUT2D eigenvalue weighted by Crippen LogP contribution is -2.43. The second kappa shape index (κ2) is 9.26. The molecule has 3 rings (SSSR count). The lowest BCUT2D eigenvalue weighted by Gasteiger charge is -2.35. The third kappa shape index (κ3) is 4.70. The first kappa shape index (κ1) is 21.1. The fourth-order valence-electron chi connectivity index (χ4n) is 3.84. The molecule has 7 nitrogen and oxygen atoms in total. The summed E-state index contributed by atoms with van der Waals surface area (Å²) < 4.78 is 10.7. The summed E-state index contributed by atoms with van der Waals surface area (Å²) in [6.45, 7) is 2.38. The first-order valence-corrected chi connectivity index (χ1v) is 10.5. The summed E-state index contributed by atoms with van der Waals surface area (Å²) in [5, 5.41) is 11.1. The van der Waals surface area contributed by atoms with Crippen LogP contribution in [0.2, 0.25) is 0 Å². The molecule has 1 fully saturated rings. The predicted octanol–water partition coefficient (Wildman–Crippen LogP) is 4.61. The van der Waals surface area contributed by atoms with Gasteiger partial charge in [-0.3, -0.25) is 14.9 Å². The van der Waals surface area contributed by atoms with E-state index in [0.717, 1.165) is 37.7 Å². The maximum absolute atomic E-state index is 13.1. The second-order valence-corrected chi connectivity index (χ2v) is 8.44. The third-order valence-corrected chi connectivity index (χ3v) is 6.43. The van der Waals surface area contributed by atoms with E-state index in [2.05, 4.69) is 0 Å². The van der Waals surface area contributed by atoms with Gasteiger partial charge in [0.25, 0.3) is 11.6 Å². The Morgan fingerprint density at radius 2 is 2.00 bits per heavy atom. The number of thiophene rings is 1. The molecule has 1 amide bonds. The highest BCUT2D eigenvalue weighted by Gasteiger charge is 2.30. The summed E-state index contributed by atoms with van der Waals surface area (Å²) >= 11 is 1.21. The molecular formula is C21H26N2O5S. The van der Waals surface area contributed by atoms with Gasteiger partial charge < -0.3 is 14.4 Å². The highest BCUT2D eigenvalue weighted by Crippen LogP contribution is 2.32. The van der Waals surface area contributed by atoms with Crippen molar-refractivity contribution in [3.8, 4) is 11.5 Å². The smallest absolute Gasteiger partial charge is 0.283 e. The average Bonchev–Trinajstić information content (AvgIpc) is 3.13. The quantitative estimate of drug-likeness (QED) is 0.484. The molecule has 1 aliphatic rings. The summed E-state index contributed by atoms with van der Waals surface area (Å²) in [6.07, 6.45) is 4.66. The topological polar surface area (TPSA) is 81.9 Å². The van der Waals surface area contributed by atoms with Crippen LogP contribution in [-0.2, 0) is 6.42 Å². The van der Waals surface area contributed by atoms with Crippen molar-refractivity contribution < 1.29 is 19.2 Å². The van der Waals surface area contributed by atoms with Crippen LogP contribution < -0.4 is 9.47 Å². The van der Waals surface area contributed by atoms with Gasteiger partial charge in [0.2, 0.25) is 0 Å². The molecule has 156 valence electrons. The van der Waals surface area contributed by atoms with Gasteiger partial charge in [0.15, 0.2) is 11.5 Å². The Morgan fingerprint density at radius 3 is 2.66 bits per heavy atom. The Hall–Kier alpha value is -2.61. The van der Waals surface area contributed by atoms with Crippen LogP contribution in [0.25, 0.3) is 0 Å². The molecule has 0 N–H and O–H groups in total. The molecule has 0 aliphatic carbocycles. The molecule has 1 atom stereocenters. The third-order valence-electron chi connectivity index (χ3n) is 5.40. The number of nitro groups is 1. The van der Waals surface area contributed by atoms with E-state index in [0.29, 0.717) is 27.8 Å². The lowest BCUT2D eigenvalue weighted by molar-refractivity contribution is -0.385. The molecule has 0 spiro atoms. The van der Waals surface area contributed by atoms with Gasteiger partial charge in [0.05, 0.1) is 28.9 Å². The number of carbonyl (C=O) groups excluding carboxylic acids is 1. The van der Waals surface area contributed by atoms with Gasteiger partial charge in [-0.1, -0.05) is 6.07 Å². The normalized spacial score (nSPS) is 16.5. The van der Waals surface area contributed by atoms with Crippen LogP contribution in [0, 0.1) is 17.0 Å². The maximum atomic E-state index is 13.1. The Morgan fingerprint density at radius 1 is 1.24 bits per heavy atom. The molecule has 1 unspecified atom stereocenters. The van der Waals surface area contributed by atoms with E-state index >= 15 is 0 Å². The largest absolute Gasteiger partial charge is 0.493 e. The zero-order valence-electron chi connectivity index (χ0n) is 17.0. The number of amides is 1. The number of piperidine rings is 1. The van der Waals surface area contributed by atoms with Crippen molar-refractivity contribution in [1.82, 2.24) is 4.90 Å². The monoisotopic (exact) mass is 418 g/mol. The minimum atomic E-state index is -0.423. The Bertz CT molecular complexity index is 895. The fourth-order valence-corrected chi connectivity index (χ4v) is 4.78. The number of ether oxygens (including phenoxy) is 2. The van der Waals surface area contributed by atoms with Crippen molar-refractivity contribution in [3.63, 3.8) is 0 Å². The van der Waals surface area contributed by atoms with Crippen molar-refractivity contribution in [2.24, 2.45) is 0 Å². The van der Waals surface area contributed by atoms with Gasteiger partial charge in [-0.15, -0.1) is 11.3 Å². The average molecular weight is 419 g/mol. The van der Waals surface area contributed by atoms with Crippen LogP contribution >= 0.6 is 11.3 Å². The van der Waals surface area contributed by atoms with Crippen molar-refractivity contribution in [2.75, 3.05) is 20.8 Å². The van der Waals surface area contributed by atoms with Gasteiger partial charge in [0.1, 0.15) is 0 Å². The number of likely N-dealkylation sites (tertiary alicyclic amines) is 1. The first-order chi connectivity index (χ1) is 13.9. The predicted molar refractivity (Wildman–Crippen MR) is 112 cm³/mol. The number of hydrogen-bond donors (Lipinski definition) is 0. The molecule has 0 radical (unpaired) electrons. The summed E-state index contributed by atoms with van der Waals surface area (Å²) in [5.74, 6) is 1.30. The SMILES string of the molecule is COc1ccc(CCC2CCCCN2C(=O)c2cc([N+](=O)[O-])c(C)s2)cc1OC. The first-order valence-electron chi connectivity index (χ1n) is 9.71. The van der Waals surface area contributed by atoms with Gasteiger partial charge in [-0.2, -0.15) is 0 Å². The van der Waals surface area contributed by atoms with Crippen LogP contribution in [0.5, 0.6) is 11.5 Å². The van der Waals surface area contributed by atoms with Gasteiger partial charge in [-0.05, 0) is 56.7 Å². The number of nitrogens with zero attached hydrogens (tertiary/aromatic N) is 2. The van der Waals surface area contributed by atoms with Crippen LogP contribution in [0.15, 0.2) is 24.3 Å². The van der Waals surface area contributed by atoms with Crippen LogP contribution in [0.3, 0.4) is 0 Å². The molecule has 2 aromatic rings. The zero-order valence-corrected chi connectivity index (χ0v) is 17.8. The molecule has 0 bridgehead atoms. The summed E-state index contributed by atoms with van der Waals surface area (Å²) in [7, 11) is 3.23. The van der Waals surface area contributed by atoms with Crippen LogP contribution in [0.1, 0.15) is 45.8 Å². The zero-order chi connectivity index (χ0) is 21.0. The number of benzene rings is 1. The van der Waals surface area contributed by atoms with E-state index in [4.69, 9.17) is 9.47 Å². The van der Waals surface area contributed by atoms with E-state index < -0.39 is 4.92 Å². The minimum absolute atomic E-state index is 0.0252. The molecule has 0 saturated carbocycles. The van der Waals surface area contributed by atoms with E-state index in [1.54, 1.807) is 21.1 Å². The summed E-state index contributed by atoms with van der Waals surface area (Å²) in [5.41, 5.74) is 1.15. The molecule has 1 saturated heterocycles. The lowest BCUT2D eigenvalue weighted by atomic mass is 9.95. The maximum Gasteiger partial charge on any atom is 0.283 e. The molecule has 8 heteroatoms. The second-order valence-electron chi connectivity index (χ2n) is 7.19. The number of aryl methyl sites for hydroxylation is 2. The van der Waals surface area contributed by atoms with E-state index in [9.17, 15) is 14.9 Å². The van der Waals surface area contributed by atoms with Crippen LogP contribution in [-0.4, -0.2) is 42.5 Å². The summed E-state index contributed by atoms with van der Waals surface area (Å²) in [6, 6.07) is 7.43. The standard InChI is InChI=1S/C21H26N2O5S/c1-14-17(23(25)26)13-20(29-14)21(24)22-11-5-4-6-16(22)9-7-15-8-10-18(27-2)19(12-15)28-3/h8,10,12-13,16H,4-7,9,11H2,1-3H3. The number of rotatable bonds is 7. The molecule has 2 heterocycles. The molecule has 1 aliphatic heterocycles. The number of carbonyl (C=O) groups is 1. The van der Waals surface area contributed by atoms with E-state index in [1.165, 1.54) is 17.4 Å². The minimum Gasteiger partial charge on any atom is -0.493 e. The Labute approximate surface area is 174 Å². The number of methoxy groups -OCH3 is 2. The molecule has 1 aromatic heterocycles. The van der Waals surface area contributed by atoms with Crippen LogP contribution in [0.4, 0.5) is 5.69 Å².